The standard InChI is InChI=1S/C27H26N4O2S/c32-25(30-26-29-23-8-4-5-9-24(23)34-26)21-12-10-19(11-13-21)18-20-14-16-31(17-15-20)27(33)28-22-6-2-1-3-7-22/h1-13,20H,14-18H2,(H,28,33)(H,29,30,32). The molecule has 34 heavy (non-hydrogen) atoms. The minimum atomic E-state index is -0.150. The summed E-state index contributed by atoms with van der Waals surface area (Å²) >= 11 is 1.47. The first-order valence-electron chi connectivity index (χ1n) is 11.5. The van der Waals surface area contributed by atoms with Crippen molar-refractivity contribution in [2.75, 3.05) is 23.7 Å². The lowest BCUT2D eigenvalue weighted by Gasteiger charge is -2.32. The van der Waals surface area contributed by atoms with Crippen molar-refractivity contribution in [3.8, 4) is 0 Å². The molecule has 7 heteroatoms. The summed E-state index contributed by atoms with van der Waals surface area (Å²) in [5, 5.41) is 6.48. The van der Waals surface area contributed by atoms with E-state index in [2.05, 4.69) is 15.6 Å². The number of urea groups is 1. The molecule has 0 aliphatic carbocycles. The number of hydrogen-bond acceptors (Lipinski definition) is 4. The number of carbonyl (C=O) groups is 2. The summed E-state index contributed by atoms with van der Waals surface area (Å²) in [5.74, 6) is 0.381. The van der Waals surface area contributed by atoms with Gasteiger partial charge in [0.05, 0.1) is 10.2 Å². The molecule has 0 radical (unpaired) electrons. The number of para-hydroxylation sites is 2. The Morgan fingerprint density at radius 2 is 1.59 bits per heavy atom. The van der Waals surface area contributed by atoms with Gasteiger partial charge in [0.1, 0.15) is 0 Å². The molecule has 0 bridgehead atoms. The number of aromatic nitrogens is 1. The van der Waals surface area contributed by atoms with Gasteiger partial charge in [0.25, 0.3) is 5.91 Å². The Morgan fingerprint density at radius 1 is 0.882 bits per heavy atom. The van der Waals surface area contributed by atoms with Crippen molar-refractivity contribution >= 4 is 44.3 Å². The second-order valence-electron chi connectivity index (χ2n) is 8.57. The van der Waals surface area contributed by atoms with Crippen LogP contribution in [0.4, 0.5) is 15.6 Å². The van der Waals surface area contributed by atoms with Gasteiger partial charge in [0.15, 0.2) is 5.13 Å². The van der Waals surface area contributed by atoms with Crippen LogP contribution in [-0.4, -0.2) is 34.9 Å². The molecule has 0 atom stereocenters. The van der Waals surface area contributed by atoms with E-state index >= 15 is 0 Å². The van der Waals surface area contributed by atoms with E-state index in [0.717, 1.165) is 48.3 Å². The number of amides is 3. The first kappa shape index (κ1) is 22.1. The van der Waals surface area contributed by atoms with Gasteiger partial charge in [-0.3, -0.25) is 10.1 Å². The summed E-state index contributed by atoms with van der Waals surface area (Å²) < 4.78 is 1.05. The lowest BCUT2D eigenvalue weighted by molar-refractivity contribution is 0.102. The number of nitrogens with zero attached hydrogens (tertiary/aromatic N) is 2. The summed E-state index contributed by atoms with van der Waals surface area (Å²) in [6.07, 6.45) is 2.90. The van der Waals surface area contributed by atoms with Crippen molar-refractivity contribution in [2.24, 2.45) is 5.92 Å². The maximum Gasteiger partial charge on any atom is 0.321 e. The topological polar surface area (TPSA) is 74.3 Å². The number of rotatable bonds is 5. The first-order valence-corrected chi connectivity index (χ1v) is 12.3. The summed E-state index contributed by atoms with van der Waals surface area (Å²) in [6.45, 7) is 1.51. The summed E-state index contributed by atoms with van der Waals surface area (Å²) in [6, 6.07) is 25.2. The van der Waals surface area contributed by atoms with E-state index in [1.807, 2.05) is 83.8 Å². The van der Waals surface area contributed by atoms with Crippen LogP contribution in [0, 0.1) is 5.92 Å². The quantitative estimate of drug-likeness (QED) is 0.374. The molecular weight excluding hydrogens is 444 g/mol. The normalized spacial score (nSPS) is 14.2. The molecule has 0 unspecified atom stereocenters. The predicted octanol–water partition coefficient (Wildman–Crippen LogP) is 6.04. The molecule has 3 amide bonds. The maximum atomic E-state index is 12.6. The largest absolute Gasteiger partial charge is 0.325 e. The van der Waals surface area contributed by atoms with E-state index in [1.165, 1.54) is 16.9 Å². The van der Waals surface area contributed by atoms with E-state index in [0.29, 0.717) is 16.6 Å². The number of anilines is 2. The van der Waals surface area contributed by atoms with Crippen LogP contribution in [-0.2, 0) is 6.42 Å². The highest BCUT2D eigenvalue weighted by molar-refractivity contribution is 7.22. The Bertz CT molecular complexity index is 1250. The minimum absolute atomic E-state index is 0.0341. The highest BCUT2D eigenvalue weighted by Gasteiger charge is 2.23. The molecule has 1 aromatic heterocycles. The van der Waals surface area contributed by atoms with E-state index < -0.39 is 0 Å². The average molecular weight is 471 g/mol. The molecule has 2 heterocycles. The van der Waals surface area contributed by atoms with Gasteiger partial charge in [0.2, 0.25) is 0 Å². The van der Waals surface area contributed by atoms with Gasteiger partial charge < -0.3 is 10.2 Å². The number of fused-ring (bicyclic) bond motifs is 1. The SMILES string of the molecule is O=C(Nc1nc2ccccc2s1)c1ccc(CC2CCN(C(=O)Nc3ccccc3)CC2)cc1. The zero-order valence-corrected chi connectivity index (χ0v) is 19.6. The maximum absolute atomic E-state index is 12.6. The lowest BCUT2D eigenvalue weighted by atomic mass is 9.90. The highest BCUT2D eigenvalue weighted by atomic mass is 32.1. The molecule has 2 N–H and O–H groups in total. The molecule has 0 spiro atoms. The van der Waals surface area contributed by atoms with Gasteiger partial charge in [-0.2, -0.15) is 0 Å². The van der Waals surface area contributed by atoms with E-state index in [4.69, 9.17) is 0 Å². The zero-order valence-electron chi connectivity index (χ0n) is 18.7. The molecule has 1 saturated heterocycles. The fourth-order valence-corrected chi connectivity index (χ4v) is 5.15. The monoisotopic (exact) mass is 470 g/mol. The van der Waals surface area contributed by atoms with Crippen molar-refractivity contribution in [1.29, 1.82) is 0 Å². The third-order valence-electron chi connectivity index (χ3n) is 6.18. The number of carbonyl (C=O) groups excluding carboxylic acids is 2. The smallest absolute Gasteiger partial charge is 0.321 e. The lowest BCUT2D eigenvalue weighted by Crippen LogP contribution is -2.41. The van der Waals surface area contributed by atoms with Gasteiger partial charge in [-0.15, -0.1) is 0 Å². The molecule has 172 valence electrons. The van der Waals surface area contributed by atoms with E-state index in [9.17, 15) is 9.59 Å². The number of benzene rings is 3. The van der Waals surface area contributed by atoms with Crippen LogP contribution in [0.3, 0.4) is 0 Å². The van der Waals surface area contributed by atoms with Crippen LogP contribution in [0.2, 0.25) is 0 Å². The molecule has 5 rings (SSSR count). The Morgan fingerprint density at radius 3 is 2.32 bits per heavy atom. The molecule has 0 saturated carbocycles. The number of hydrogen-bond donors (Lipinski definition) is 2. The molecule has 3 aromatic carbocycles. The van der Waals surface area contributed by atoms with Gasteiger partial charge >= 0.3 is 6.03 Å². The number of thiazole rings is 1. The van der Waals surface area contributed by atoms with Crippen molar-refractivity contribution < 1.29 is 9.59 Å². The Labute approximate surface area is 202 Å². The summed E-state index contributed by atoms with van der Waals surface area (Å²) in [5.41, 5.74) is 3.54. The van der Waals surface area contributed by atoms with Crippen LogP contribution < -0.4 is 10.6 Å². The average Bonchev–Trinajstić information content (AvgIpc) is 3.28. The summed E-state index contributed by atoms with van der Waals surface area (Å²) in [4.78, 5) is 31.5. The molecule has 1 aliphatic rings. The fraction of sp³-hybridized carbons (Fsp3) is 0.222. The Balaban J connectivity index is 1.11. The van der Waals surface area contributed by atoms with Gasteiger partial charge in [-0.25, -0.2) is 9.78 Å². The van der Waals surface area contributed by atoms with Crippen LogP contribution in [0.25, 0.3) is 10.2 Å². The molecule has 1 fully saturated rings. The predicted molar refractivity (Wildman–Crippen MR) is 137 cm³/mol. The molecular formula is C27H26N4O2S. The van der Waals surface area contributed by atoms with Crippen LogP contribution >= 0.6 is 11.3 Å². The second kappa shape index (κ2) is 10.1. The fourth-order valence-electron chi connectivity index (χ4n) is 4.28. The van der Waals surface area contributed by atoms with E-state index in [-0.39, 0.29) is 11.9 Å². The number of piperidine rings is 1. The highest BCUT2D eigenvalue weighted by Crippen LogP contribution is 2.26. The third-order valence-corrected chi connectivity index (χ3v) is 7.13. The Hall–Kier alpha value is -3.71. The zero-order chi connectivity index (χ0) is 23.3. The first-order chi connectivity index (χ1) is 16.6. The Kier molecular flexibility index (Phi) is 6.53. The molecule has 6 nitrogen and oxygen atoms in total. The van der Waals surface area contributed by atoms with Crippen molar-refractivity contribution in [2.45, 2.75) is 19.3 Å². The third kappa shape index (κ3) is 5.26. The minimum Gasteiger partial charge on any atom is -0.325 e. The van der Waals surface area contributed by atoms with Crippen molar-refractivity contribution in [3.63, 3.8) is 0 Å². The van der Waals surface area contributed by atoms with Crippen molar-refractivity contribution in [3.05, 3.63) is 90.0 Å². The van der Waals surface area contributed by atoms with Gasteiger partial charge in [-0.1, -0.05) is 53.8 Å². The number of likely N-dealkylation sites (tertiary alicyclic amines) is 1. The van der Waals surface area contributed by atoms with Crippen LogP contribution in [0.1, 0.15) is 28.8 Å². The number of nitrogens with one attached hydrogen (secondary N) is 2. The second-order valence-corrected chi connectivity index (χ2v) is 9.60. The van der Waals surface area contributed by atoms with E-state index in [1.54, 1.807) is 0 Å². The molecule has 4 aromatic rings. The van der Waals surface area contributed by atoms with Crippen LogP contribution in [0.15, 0.2) is 78.9 Å². The van der Waals surface area contributed by atoms with Crippen molar-refractivity contribution in [1.82, 2.24) is 9.88 Å². The summed E-state index contributed by atoms with van der Waals surface area (Å²) in [7, 11) is 0. The van der Waals surface area contributed by atoms with Gasteiger partial charge in [0, 0.05) is 24.3 Å². The molecule has 1 aliphatic heterocycles. The van der Waals surface area contributed by atoms with Gasteiger partial charge in [-0.05, 0) is 67.1 Å². The van der Waals surface area contributed by atoms with Crippen LogP contribution in [0.5, 0.6) is 0 Å².